The molecule has 1 N–H and O–H groups in total. The van der Waals surface area contributed by atoms with Crippen molar-refractivity contribution in [2.45, 2.75) is 39.0 Å². The van der Waals surface area contributed by atoms with E-state index in [9.17, 15) is 19.7 Å². The molecule has 2 aromatic heterocycles. The number of benzene rings is 1. The normalized spacial score (nSPS) is 13.9. The summed E-state index contributed by atoms with van der Waals surface area (Å²) in [6.07, 6.45) is 7.36. The number of ether oxygens (including phenoxy) is 1. The van der Waals surface area contributed by atoms with Gasteiger partial charge in [0.05, 0.1) is 11.5 Å². The third kappa shape index (κ3) is 5.11. The minimum absolute atomic E-state index is 0.147. The molecule has 34 heavy (non-hydrogen) atoms. The van der Waals surface area contributed by atoms with Gasteiger partial charge in [-0.15, -0.1) is 0 Å². The molecule has 4 rings (SSSR count). The minimum atomic E-state index is -0.779. The number of carbonyl (C=O) groups excluding carboxylic acids is 1. The van der Waals surface area contributed by atoms with Gasteiger partial charge in [0.2, 0.25) is 5.43 Å². The molecule has 2 heterocycles. The highest BCUT2D eigenvalue weighted by molar-refractivity contribution is 6.02. The maximum absolute atomic E-state index is 13.0. The van der Waals surface area contributed by atoms with Crippen molar-refractivity contribution in [1.29, 1.82) is 0 Å². The zero-order valence-corrected chi connectivity index (χ0v) is 18.8. The van der Waals surface area contributed by atoms with Crippen LogP contribution in [0.25, 0.3) is 5.69 Å². The first-order chi connectivity index (χ1) is 16.4. The molecule has 0 bridgehead atoms. The number of nitro groups is 1. The third-order valence-corrected chi connectivity index (χ3v) is 5.83. The minimum Gasteiger partial charge on any atom is -0.489 e. The number of nitro benzene ring substituents is 1. The average molecular weight is 463 g/mol. The molecule has 10 nitrogen and oxygen atoms in total. The molecule has 0 radical (unpaired) electrons. The van der Waals surface area contributed by atoms with Crippen molar-refractivity contribution in [2.24, 2.45) is 5.92 Å². The van der Waals surface area contributed by atoms with Gasteiger partial charge in [0.15, 0.2) is 17.3 Å². The fraction of sp³-hybridized carbons (Fsp3) is 0.333. The lowest BCUT2D eigenvalue weighted by atomic mass is 9.90. The Kier molecular flexibility index (Phi) is 6.95. The van der Waals surface area contributed by atoms with Crippen molar-refractivity contribution in [1.82, 2.24) is 14.8 Å². The van der Waals surface area contributed by atoms with Crippen molar-refractivity contribution in [2.75, 3.05) is 11.9 Å². The van der Waals surface area contributed by atoms with E-state index in [1.165, 1.54) is 54.4 Å². The van der Waals surface area contributed by atoms with Crippen LogP contribution >= 0.6 is 0 Å². The van der Waals surface area contributed by atoms with Crippen LogP contribution < -0.4 is 15.5 Å². The monoisotopic (exact) mass is 463 g/mol. The summed E-state index contributed by atoms with van der Waals surface area (Å²) in [6, 6.07) is 10.6. The van der Waals surface area contributed by atoms with Crippen molar-refractivity contribution >= 4 is 17.4 Å². The molecule has 1 fully saturated rings. The van der Waals surface area contributed by atoms with Gasteiger partial charge in [0.1, 0.15) is 5.69 Å². The van der Waals surface area contributed by atoms with E-state index < -0.39 is 22.0 Å². The van der Waals surface area contributed by atoms with Crippen LogP contribution in [0.1, 0.15) is 48.3 Å². The highest BCUT2D eigenvalue weighted by Gasteiger charge is 2.22. The number of nitrogens with zero attached hydrogens (tertiary/aromatic N) is 4. The predicted octanol–water partition coefficient (Wildman–Crippen LogP) is 4.06. The molecule has 1 aliphatic carbocycles. The van der Waals surface area contributed by atoms with Crippen molar-refractivity contribution in [3.8, 4) is 11.4 Å². The van der Waals surface area contributed by atoms with Crippen LogP contribution in [-0.4, -0.2) is 32.2 Å². The summed E-state index contributed by atoms with van der Waals surface area (Å²) in [5.41, 5.74) is -0.715. The smallest absolute Gasteiger partial charge is 0.294 e. The first kappa shape index (κ1) is 23.1. The second-order valence-electron chi connectivity index (χ2n) is 8.28. The number of pyridine rings is 1. The molecular weight excluding hydrogens is 438 g/mol. The maximum Gasteiger partial charge on any atom is 0.294 e. The largest absolute Gasteiger partial charge is 0.489 e. The van der Waals surface area contributed by atoms with Gasteiger partial charge in [-0.2, -0.15) is 5.10 Å². The highest BCUT2D eigenvalue weighted by atomic mass is 16.6. The van der Waals surface area contributed by atoms with E-state index in [4.69, 9.17) is 4.74 Å². The number of para-hydroxylation sites is 2. The number of nitrogens with one attached hydrogen (secondary N) is 1. The molecule has 176 valence electrons. The SMILES string of the molecule is Cc1cc(=O)c(C(=O)Nc2ncccc2OCC2CCCCC2)nn1-c1ccccc1[N+](=O)[O-]. The number of aryl methyl sites for hydroxylation is 1. The van der Waals surface area contributed by atoms with Gasteiger partial charge >= 0.3 is 0 Å². The number of aromatic nitrogens is 3. The van der Waals surface area contributed by atoms with Gasteiger partial charge in [0.25, 0.3) is 11.6 Å². The molecule has 3 aromatic rings. The lowest BCUT2D eigenvalue weighted by molar-refractivity contribution is -0.384. The Morgan fingerprint density at radius 3 is 2.74 bits per heavy atom. The van der Waals surface area contributed by atoms with E-state index in [0.717, 1.165) is 12.8 Å². The lowest BCUT2D eigenvalue weighted by Crippen LogP contribution is -2.27. The molecule has 0 aliphatic heterocycles. The van der Waals surface area contributed by atoms with E-state index in [1.807, 2.05) is 0 Å². The Hall–Kier alpha value is -4.08. The predicted molar refractivity (Wildman–Crippen MR) is 125 cm³/mol. The number of amides is 1. The van der Waals surface area contributed by atoms with Crippen LogP contribution in [0.2, 0.25) is 0 Å². The summed E-state index contributed by atoms with van der Waals surface area (Å²) < 4.78 is 7.16. The topological polar surface area (TPSA) is 129 Å². The van der Waals surface area contributed by atoms with E-state index in [-0.39, 0.29) is 17.2 Å². The van der Waals surface area contributed by atoms with Crippen LogP contribution in [0, 0.1) is 23.0 Å². The van der Waals surface area contributed by atoms with Crippen LogP contribution in [0.3, 0.4) is 0 Å². The van der Waals surface area contributed by atoms with Gasteiger partial charge in [-0.3, -0.25) is 19.7 Å². The molecule has 0 saturated heterocycles. The quantitative estimate of drug-likeness (QED) is 0.413. The summed E-state index contributed by atoms with van der Waals surface area (Å²) >= 11 is 0. The molecule has 1 amide bonds. The first-order valence-corrected chi connectivity index (χ1v) is 11.2. The molecule has 0 unspecified atom stereocenters. The van der Waals surface area contributed by atoms with Gasteiger partial charge < -0.3 is 10.1 Å². The number of carbonyl (C=O) groups is 1. The summed E-state index contributed by atoms with van der Waals surface area (Å²) in [6.45, 7) is 2.12. The molecule has 1 aliphatic rings. The average Bonchev–Trinajstić information content (AvgIpc) is 2.84. The van der Waals surface area contributed by atoms with Gasteiger partial charge in [-0.1, -0.05) is 31.4 Å². The van der Waals surface area contributed by atoms with Gasteiger partial charge in [0, 0.05) is 24.0 Å². The number of hydrogen-bond donors (Lipinski definition) is 1. The van der Waals surface area contributed by atoms with Crippen molar-refractivity contribution in [3.63, 3.8) is 0 Å². The van der Waals surface area contributed by atoms with Crippen molar-refractivity contribution in [3.05, 3.63) is 80.4 Å². The molecule has 0 atom stereocenters. The van der Waals surface area contributed by atoms with Crippen LogP contribution in [0.4, 0.5) is 11.5 Å². The Labute approximate surface area is 195 Å². The second kappa shape index (κ2) is 10.2. The van der Waals surface area contributed by atoms with Gasteiger partial charge in [-0.25, -0.2) is 9.67 Å². The summed E-state index contributed by atoms with van der Waals surface area (Å²) in [4.78, 5) is 40.7. The molecule has 0 spiro atoms. The summed E-state index contributed by atoms with van der Waals surface area (Å²) in [7, 11) is 0. The zero-order chi connectivity index (χ0) is 24.1. The molecular formula is C24H25N5O5. The van der Waals surface area contributed by atoms with E-state index in [1.54, 1.807) is 25.1 Å². The highest BCUT2D eigenvalue weighted by Crippen LogP contribution is 2.27. The van der Waals surface area contributed by atoms with Gasteiger partial charge in [-0.05, 0) is 43.9 Å². The fourth-order valence-corrected chi connectivity index (χ4v) is 4.08. The number of anilines is 1. The standard InChI is InChI=1S/C24H25N5O5/c1-16-14-20(30)22(27-28(16)18-10-5-6-11-19(18)29(32)33)24(31)26-23-21(12-7-13-25-23)34-15-17-8-3-2-4-9-17/h5-7,10-14,17H,2-4,8-9,15H2,1H3,(H,25,26,31). The first-order valence-electron chi connectivity index (χ1n) is 11.2. The Morgan fingerprint density at radius 2 is 1.97 bits per heavy atom. The Balaban J connectivity index is 1.59. The van der Waals surface area contributed by atoms with E-state index in [0.29, 0.717) is 24.0 Å². The Bertz CT molecular complexity index is 1270. The summed E-state index contributed by atoms with van der Waals surface area (Å²) in [5, 5.41) is 18.2. The zero-order valence-electron chi connectivity index (χ0n) is 18.8. The molecule has 10 heteroatoms. The van der Waals surface area contributed by atoms with Crippen LogP contribution in [0.15, 0.2) is 53.5 Å². The molecule has 1 saturated carbocycles. The number of rotatable bonds is 7. The summed E-state index contributed by atoms with van der Waals surface area (Å²) in [5.74, 6) is 0.276. The molecule has 1 aromatic carbocycles. The Morgan fingerprint density at radius 1 is 1.21 bits per heavy atom. The van der Waals surface area contributed by atoms with Crippen LogP contribution in [-0.2, 0) is 0 Å². The van der Waals surface area contributed by atoms with Crippen LogP contribution in [0.5, 0.6) is 5.75 Å². The van der Waals surface area contributed by atoms with Crippen molar-refractivity contribution < 1.29 is 14.5 Å². The van der Waals surface area contributed by atoms with E-state index in [2.05, 4.69) is 15.4 Å². The third-order valence-electron chi connectivity index (χ3n) is 5.83. The second-order valence-corrected chi connectivity index (χ2v) is 8.28. The fourth-order valence-electron chi connectivity index (χ4n) is 4.08. The number of hydrogen-bond acceptors (Lipinski definition) is 7. The lowest BCUT2D eigenvalue weighted by Gasteiger charge is -2.22. The maximum atomic E-state index is 13.0. The van der Waals surface area contributed by atoms with E-state index >= 15 is 0 Å².